The van der Waals surface area contributed by atoms with Gasteiger partial charge in [0.2, 0.25) is 0 Å². The summed E-state index contributed by atoms with van der Waals surface area (Å²) in [6, 6.07) is 3.96. The number of nitrogens with zero attached hydrogens (tertiary/aromatic N) is 2. The molecule has 1 saturated carbocycles. The third-order valence-electron chi connectivity index (χ3n) is 4.40. The van der Waals surface area contributed by atoms with Gasteiger partial charge < -0.3 is 5.32 Å². The van der Waals surface area contributed by atoms with Crippen molar-refractivity contribution in [1.29, 1.82) is 0 Å². The Hall–Kier alpha value is -2.51. The zero-order valence-corrected chi connectivity index (χ0v) is 13.6. The van der Waals surface area contributed by atoms with Crippen LogP contribution in [0.15, 0.2) is 35.3 Å². The van der Waals surface area contributed by atoms with Gasteiger partial charge in [-0.3, -0.25) is 4.57 Å². The van der Waals surface area contributed by atoms with Gasteiger partial charge in [-0.05, 0) is 38.0 Å². The van der Waals surface area contributed by atoms with Gasteiger partial charge in [-0.15, -0.1) is 0 Å². The van der Waals surface area contributed by atoms with Crippen molar-refractivity contribution in [2.24, 2.45) is 0 Å². The fourth-order valence-electron chi connectivity index (χ4n) is 3.15. The molecule has 0 atom stereocenters. The number of nitrogens with one attached hydrogen (secondary N) is 1. The molecule has 8 heteroatoms. The Bertz CT molecular complexity index is 846. The Morgan fingerprint density at radius 3 is 2.56 bits per heavy atom. The summed E-state index contributed by atoms with van der Waals surface area (Å²) >= 11 is 0. The lowest BCUT2D eigenvalue weighted by Gasteiger charge is -2.11. The first-order valence-corrected chi connectivity index (χ1v) is 8.07. The minimum atomic E-state index is -4.50. The molecular weight excluding hydrogens is 335 g/mol. The average Bonchev–Trinajstić information content (AvgIpc) is 3.14. The lowest BCUT2D eigenvalue weighted by molar-refractivity contribution is -0.137. The molecule has 2 aromatic rings. The van der Waals surface area contributed by atoms with Crippen molar-refractivity contribution in [3.8, 4) is 5.69 Å². The molecule has 1 aliphatic carbocycles. The van der Waals surface area contributed by atoms with Crippen molar-refractivity contribution in [3.05, 3.63) is 52.2 Å². The number of aryl methyl sites for hydroxylation is 1. The van der Waals surface area contributed by atoms with Crippen molar-refractivity contribution < 1.29 is 18.0 Å². The number of alkyl halides is 3. The highest BCUT2D eigenvalue weighted by molar-refractivity contribution is 5.77. The van der Waals surface area contributed by atoms with Crippen LogP contribution in [-0.4, -0.2) is 21.2 Å². The Morgan fingerprint density at radius 2 is 1.92 bits per heavy atom. The minimum Gasteiger partial charge on any atom is -0.335 e. The largest absolute Gasteiger partial charge is 0.416 e. The van der Waals surface area contributed by atoms with Gasteiger partial charge in [0, 0.05) is 17.9 Å². The van der Waals surface area contributed by atoms with Gasteiger partial charge in [0.25, 0.3) is 0 Å². The van der Waals surface area contributed by atoms with Crippen molar-refractivity contribution in [2.75, 3.05) is 0 Å². The fourth-order valence-corrected chi connectivity index (χ4v) is 3.15. The minimum absolute atomic E-state index is 0.0385. The fraction of sp³-hybridized carbons (Fsp3) is 0.412. The van der Waals surface area contributed by atoms with E-state index in [1.807, 2.05) is 0 Å². The van der Waals surface area contributed by atoms with Gasteiger partial charge in [0.15, 0.2) is 0 Å². The summed E-state index contributed by atoms with van der Waals surface area (Å²) in [5, 5.41) is 2.79. The van der Waals surface area contributed by atoms with Crippen LogP contribution < -0.4 is 11.0 Å². The maximum Gasteiger partial charge on any atom is 0.416 e. The van der Waals surface area contributed by atoms with Gasteiger partial charge in [-0.1, -0.05) is 18.9 Å². The molecule has 25 heavy (non-hydrogen) atoms. The maximum atomic E-state index is 12.9. The van der Waals surface area contributed by atoms with Crippen LogP contribution in [-0.2, 0) is 6.18 Å². The Labute approximate surface area is 142 Å². The number of hydrogen-bond donors (Lipinski definition) is 1. The first-order valence-electron chi connectivity index (χ1n) is 8.07. The molecule has 1 aliphatic rings. The van der Waals surface area contributed by atoms with Crippen LogP contribution in [0.2, 0.25) is 0 Å². The number of carbonyl (C=O) groups excluding carboxylic acids is 1. The number of imidazole rings is 1. The highest BCUT2D eigenvalue weighted by atomic mass is 19.4. The highest BCUT2D eigenvalue weighted by Gasteiger charge is 2.31. The third kappa shape index (κ3) is 3.47. The Kier molecular flexibility index (Phi) is 4.45. The number of amides is 1. The second-order valence-corrected chi connectivity index (χ2v) is 6.24. The standard InChI is InChI=1S/C17H18F3N3O2/c1-11-10-22(15(24)21-13-6-2-3-7-13)16(25)23(11)14-8-4-5-12(9-14)17(18,19)20/h4-5,8-10,13H,2-3,6-7H2,1H3,(H,21,24). The monoisotopic (exact) mass is 353 g/mol. The van der Waals surface area contributed by atoms with E-state index in [0.717, 1.165) is 47.0 Å². The van der Waals surface area contributed by atoms with Crippen molar-refractivity contribution in [1.82, 2.24) is 14.5 Å². The van der Waals surface area contributed by atoms with Crippen LogP contribution >= 0.6 is 0 Å². The summed E-state index contributed by atoms with van der Waals surface area (Å²) in [4.78, 5) is 24.9. The van der Waals surface area contributed by atoms with E-state index in [1.165, 1.54) is 18.3 Å². The molecule has 3 rings (SSSR count). The van der Waals surface area contributed by atoms with E-state index in [-0.39, 0.29) is 11.7 Å². The van der Waals surface area contributed by atoms with E-state index >= 15 is 0 Å². The van der Waals surface area contributed by atoms with E-state index < -0.39 is 23.5 Å². The zero-order valence-electron chi connectivity index (χ0n) is 13.6. The van der Waals surface area contributed by atoms with Gasteiger partial charge >= 0.3 is 17.9 Å². The van der Waals surface area contributed by atoms with Crippen LogP contribution in [0.25, 0.3) is 5.69 Å². The summed E-state index contributed by atoms with van der Waals surface area (Å²) in [5.74, 6) is 0. The molecule has 1 heterocycles. The molecule has 0 unspecified atom stereocenters. The summed E-state index contributed by atoms with van der Waals surface area (Å²) in [7, 11) is 0. The summed E-state index contributed by atoms with van der Waals surface area (Å²) in [6.07, 6.45) is 0.638. The maximum absolute atomic E-state index is 12.9. The molecule has 5 nitrogen and oxygen atoms in total. The molecule has 0 bridgehead atoms. The predicted octanol–water partition coefficient (Wildman–Crippen LogP) is 3.47. The van der Waals surface area contributed by atoms with Crippen molar-refractivity contribution in [2.45, 2.75) is 44.8 Å². The second kappa shape index (κ2) is 6.42. The first kappa shape index (κ1) is 17.3. The molecule has 0 saturated heterocycles. The van der Waals surface area contributed by atoms with Crippen LogP contribution in [0.3, 0.4) is 0 Å². The number of halogens is 3. The Morgan fingerprint density at radius 1 is 1.24 bits per heavy atom. The summed E-state index contributed by atoms with van der Waals surface area (Å²) in [5.41, 5.74) is -1.08. The lowest BCUT2D eigenvalue weighted by atomic mass is 10.2. The molecule has 1 aromatic carbocycles. The van der Waals surface area contributed by atoms with Gasteiger partial charge in [-0.2, -0.15) is 13.2 Å². The molecule has 1 aromatic heterocycles. The summed E-state index contributed by atoms with van der Waals surface area (Å²) < 4.78 is 40.7. The van der Waals surface area contributed by atoms with Crippen LogP contribution in [0.4, 0.5) is 18.0 Å². The predicted molar refractivity (Wildman–Crippen MR) is 86.0 cm³/mol. The van der Waals surface area contributed by atoms with Crippen molar-refractivity contribution >= 4 is 6.03 Å². The van der Waals surface area contributed by atoms with Crippen LogP contribution in [0.1, 0.15) is 36.9 Å². The van der Waals surface area contributed by atoms with Gasteiger partial charge in [0.05, 0.1) is 11.3 Å². The topological polar surface area (TPSA) is 56.0 Å². The quantitative estimate of drug-likeness (QED) is 0.899. The van der Waals surface area contributed by atoms with Crippen LogP contribution in [0, 0.1) is 6.92 Å². The molecule has 1 fully saturated rings. The second-order valence-electron chi connectivity index (χ2n) is 6.24. The number of rotatable bonds is 2. The average molecular weight is 353 g/mol. The number of benzene rings is 1. The zero-order chi connectivity index (χ0) is 18.2. The lowest BCUT2D eigenvalue weighted by Crippen LogP contribution is -2.40. The molecule has 0 aliphatic heterocycles. The summed E-state index contributed by atoms with van der Waals surface area (Å²) in [6.45, 7) is 1.57. The van der Waals surface area contributed by atoms with E-state index in [2.05, 4.69) is 5.32 Å². The number of carbonyl (C=O) groups is 1. The molecular formula is C17H18F3N3O2. The third-order valence-corrected chi connectivity index (χ3v) is 4.40. The van der Waals surface area contributed by atoms with Gasteiger partial charge in [-0.25, -0.2) is 14.2 Å². The van der Waals surface area contributed by atoms with Crippen LogP contribution in [0.5, 0.6) is 0 Å². The van der Waals surface area contributed by atoms with Crippen molar-refractivity contribution in [3.63, 3.8) is 0 Å². The molecule has 1 N–H and O–H groups in total. The molecule has 0 spiro atoms. The van der Waals surface area contributed by atoms with E-state index in [0.29, 0.717) is 5.69 Å². The number of hydrogen-bond acceptors (Lipinski definition) is 2. The number of aromatic nitrogens is 2. The first-order chi connectivity index (χ1) is 11.8. The smallest absolute Gasteiger partial charge is 0.335 e. The van der Waals surface area contributed by atoms with E-state index in [1.54, 1.807) is 6.92 Å². The molecule has 134 valence electrons. The highest BCUT2D eigenvalue weighted by Crippen LogP contribution is 2.30. The normalized spacial score (nSPS) is 15.5. The van der Waals surface area contributed by atoms with E-state index in [4.69, 9.17) is 0 Å². The molecule has 0 radical (unpaired) electrons. The van der Waals surface area contributed by atoms with E-state index in [9.17, 15) is 22.8 Å². The SMILES string of the molecule is Cc1cn(C(=O)NC2CCCC2)c(=O)n1-c1cccc(C(F)(F)F)c1. The van der Waals surface area contributed by atoms with Gasteiger partial charge in [0.1, 0.15) is 0 Å². The Balaban J connectivity index is 1.95. The molecule has 1 amide bonds.